The van der Waals surface area contributed by atoms with Crippen LogP contribution in [0.25, 0.3) is 10.8 Å². The molecule has 0 aromatic heterocycles. The van der Waals surface area contributed by atoms with Gasteiger partial charge in [-0.3, -0.25) is 4.90 Å². The van der Waals surface area contributed by atoms with Crippen molar-refractivity contribution in [3.8, 4) is 11.5 Å². The highest BCUT2D eigenvalue weighted by atomic mass is 35.5. The van der Waals surface area contributed by atoms with Gasteiger partial charge in [-0.05, 0) is 48.5 Å². The molecule has 1 heterocycles. The number of rotatable bonds is 9. The Balaban J connectivity index is 0.00000306. The minimum absolute atomic E-state index is 0. The van der Waals surface area contributed by atoms with Crippen molar-refractivity contribution >= 4 is 23.2 Å². The van der Waals surface area contributed by atoms with Gasteiger partial charge in [-0.1, -0.05) is 42.5 Å². The van der Waals surface area contributed by atoms with E-state index in [4.69, 9.17) is 9.47 Å². The summed E-state index contributed by atoms with van der Waals surface area (Å²) >= 11 is 0. The van der Waals surface area contributed by atoms with Gasteiger partial charge in [0.15, 0.2) is 0 Å². The number of hydrogen-bond donors (Lipinski definition) is 1. The van der Waals surface area contributed by atoms with Crippen molar-refractivity contribution in [1.29, 1.82) is 0 Å². The Morgan fingerprint density at radius 2 is 1.64 bits per heavy atom. The SMILES string of the molecule is CC(O)COc1ccc2ccccc2c1Cc1ccc(OCCN2CCN(C)CC2)cc1.Cl. The number of aliphatic hydroxyl groups is 1. The first-order valence-electron chi connectivity index (χ1n) is 11.5. The molecule has 1 fully saturated rings. The van der Waals surface area contributed by atoms with E-state index in [0.29, 0.717) is 6.61 Å². The number of likely N-dealkylation sites (N-methyl/N-ethyl adjacent to an activating group) is 1. The molecule has 0 amide bonds. The van der Waals surface area contributed by atoms with E-state index in [2.05, 4.69) is 71.4 Å². The molecule has 1 unspecified atom stereocenters. The Hall–Kier alpha value is -2.31. The predicted octanol–water partition coefficient (Wildman–Crippen LogP) is 4.24. The average molecular weight is 471 g/mol. The fraction of sp³-hybridized carbons (Fsp3) is 0.407. The summed E-state index contributed by atoms with van der Waals surface area (Å²) in [4.78, 5) is 4.83. The second kappa shape index (κ2) is 12.2. The zero-order valence-corrected chi connectivity index (χ0v) is 20.4. The monoisotopic (exact) mass is 470 g/mol. The van der Waals surface area contributed by atoms with Crippen molar-refractivity contribution in [3.63, 3.8) is 0 Å². The summed E-state index contributed by atoms with van der Waals surface area (Å²) in [5.74, 6) is 1.74. The van der Waals surface area contributed by atoms with Crippen LogP contribution in [0.5, 0.6) is 11.5 Å². The molecule has 3 aromatic carbocycles. The van der Waals surface area contributed by atoms with Crippen LogP contribution < -0.4 is 9.47 Å². The molecule has 33 heavy (non-hydrogen) atoms. The molecule has 0 aliphatic carbocycles. The van der Waals surface area contributed by atoms with Crippen LogP contribution in [0, 0.1) is 0 Å². The van der Waals surface area contributed by atoms with Gasteiger partial charge in [0.1, 0.15) is 24.7 Å². The lowest BCUT2D eigenvalue weighted by molar-refractivity contribution is 0.122. The predicted molar refractivity (Wildman–Crippen MR) is 137 cm³/mol. The standard InChI is InChI=1S/C27H34N2O3.ClH/c1-21(30)20-32-27-12-9-23-5-3-4-6-25(23)26(27)19-22-7-10-24(11-8-22)31-18-17-29-15-13-28(2)14-16-29;/h3-12,21,30H,13-20H2,1-2H3;1H. The molecule has 178 valence electrons. The lowest BCUT2D eigenvalue weighted by Crippen LogP contribution is -2.45. The second-order valence-corrected chi connectivity index (χ2v) is 8.74. The molecule has 3 aromatic rings. The van der Waals surface area contributed by atoms with Crippen LogP contribution in [0.4, 0.5) is 0 Å². The summed E-state index contributed by atoms with van der Waals surface area (Å²) in [5, 5.41) is 12.0. The molecule has 0 bridgehead atoms. The van der Waals surface area contributed by atoms with E-state index in [1.807, 2.05) is 6.07 Å². The minimum Gasteiger partial charge on any atom is -0.492 e. The summed E-state index contributed by atoms with van der Waals surface area (Å²) in [6.45, 7) is 8.19. The highest BCUT2D eigenvalue weighted by molar-refractivity contribution is 5.88. The number of hydrogen-bond acceptors (Lipinski definition) is 5. The van der Waals surface area contributed by atoms with Crippen molar-refractivity contribution in [2.45, 2.75) is 19.4 Å². The van der Waals surface area contributed by atoms with Crippen molar-refractivity contribution < 1.29 is 14.6 Å². The Labute approximate surface area is 203 Å². The summed E-state index contributed by atoms with van der Waals surface area (Å²) in [5.41, 5.74) is 2.35. The molecule has 0 saturated carbocycles. The molecule has 1 atom stereocenters. The number of piperazine rings is 1. The Bertz CT molecular complexity index is 1000. The maximum atomic E-state index is 9.66. The van der Waals surface area contributed by atoms with E-state index >= 15 is 0 Å². The van der Waals surface area contributed by atoms with E-state index in [1.165, 1.54) is 16.3 Å². The van der Waals surface area contributed by atoms with E-state index in [0.717, 1.165) is 56.2 Å². The van der Waals surface area contributed by atoms with Gasteiger partial charge in [-0.2, -0.15) is 0 Å². The molecule has 6 heteroatoms. The third kappa shape index (κ3) is 7.08. The van der Waals surface area contributed by atoms with Crippen LogP contribution in [0.3, 0.4) is 0 Å². The Kier molecular flexibility index (Phi) is 9.39. The van der Waals surface area contributed by atoms with E-state index in [1.54, 1.807) is 6.92 Å². The molecular weight excluding hydrogens is 436 g/mol. The summed E-state index contributed by atoms with van der Waals surface area (Å²) in [6.07, 6.45) is 0.259. The third-order valence-electron chi connectivity index (χ3n) is 6.05. The van der Waals surface area contributed by atoms with Gasteiger partial charge in [0, 0.05) is 44.7 Å². The zero-order valence-electron chi connectivity index (χ0n) is 19.6. The van der Waals surface area contributed by atoms with Crippen LogP contribution in [0.1, 0.15) is 18.1 Å². The largest absolute Gasteiger partial charge is 0.492 e. The van der Waals surface area contributed by atoms with Gasteiger partial charge in [0.25, 0.3) is 0 Å². The molecule has 4 rings (SSSR count). The van der Waals surface area contributed by atoms with Gasteiger partial charge in [-0.15, -0.1) is 12.4 Å². The first-order valence-corrected chi connectivity index (χ1v) is 11.5. The van der Waals surface area contributed by atoms with Gasteiger partial charge < -0.3 is 19.5 Å². The molecule has 0 radical (unpaired) electrons. The van der Waals surface area contributed by atoms with E-state index < -0.39 is 6.10 Å². The van der Waals surface area contributed by atoms with Gasteiger partial charge in [-0.25, -0.2) is 0 Å². The summed E-state index contributed by atoms with van der Waals surface area (Å²) in [6, 6.07) is 20.8. The fourth-order valence-corrected chi connectivity index (χ4v) is 4.12. The Morgan fingerprint density at radius 1 is 0.909 bits per heavy atom. The smallest absolute Gasteiger partial charge is 0.123 e. The lowest BCUT2D eigenvalue weighted by atomic mass is 9.97. The van der Waals surface area contributed by atoms with E-state index in [9.17, 15) is 5.11 Å². The Morgan fingerprint density at radius 3 is 2.36 bits per heavy atom. The molecule has 1 saturated heterocycles. The van der Waals surface area contributed by atoms with Gasteiger partial charge in [0.05, 0.1) is 6.10 Å². The molecule has 5 nitrogen and oxygen atoms in total. The molecule has 1 aliphatic rings. The van der Waals surface area contributed by atoms with Crippen LogP contribution in [-0.2, 0) is 6.42 Å². The van der Waals surface area contributed by atoms with Crippen LogP contribution in [0.2, 0.25) is 0 Å². The number of aliphatic hydroxyl groups excluding tert-OH is 1. The second-order valence-electron chi connectivity index (χ2n) is 8.74. The summed E-state index contributed by atoms with van der Waals surface area (Å²) < 4.78 is 11.9. The van der Waals surface area contributed by atoms with Gasteiger partial charge in [0.2, 0.25) is 0 Å². The highest BCUT2D eigenvalue weighted by Crippen LogP contribution is 2.31. The van der Waals surface area contributed by atoms with Crippen LogP contribution in [-0.4, -0.2) is 74.0 Å². The first-order chi connectivity index (χ1) is 15.6. The number of fused-ring (bicyclic) bond motifs is 1. The quantitative estimate of drug-likeness (QED) is 0.507. The average Bonchev–Trinajstić information content (AvgIpc) is 2.81. The number of ether oxygens (including phenoxy) is 2. The van der Waals surface area contributed by atoms with E-state index in [-0.39, 0.29) is 19.0 Å². The lowest BCUT2D eigenvalue weighted by Gasteiger charge is -2.32. The van der Waals surface area contributed by atoms with Crippen molar-refractivity contribution in [2.24, 2.45) is 0 Å². The molecule has 1 aliphatic heterocycles. The maximum Gasteiger partial charge on any atom is 0.123 e. The fourth-order valence-electron chi connectivity index (χ4n) is 4.12. The minimum atomic E-state index is -0.503. The highest BCUT2D eigenvalue weighted by Gasteiger charge is 2.14. The number of benzene rings is 3. The number of halogens is 1. The first kappa shape index (κ1) is 25.3. The molecular formula is C27H35ClN2O3. The third-order valence-corrected chi connectivity index (χ3v) is 6.05. The van der Waals surface area contributed by atoms with Crippen molar-refractivity contribution in [1.82, 2.24) is 9.80 Å². The van der Waals surface area contributed by atoms with Crippen molar-refractivity contribution in [3.05, 3.63) is 71.8 Å². The molecule has 0 spiro atoms. The maximum absolute atomic E-state index is 9.66. The topological polar surface area (TPSA) is 45.2 Å². The molecule has 1 N–H and O–H groups in total. The van der Waals surface area contributed by atoms with Crippen LogP contribution >= 0.6 is 12.4 Å². The summed E-state index contributed by atoms with van der Waals surface area (Å²) in [7, 11) is 2.18. The zero-order chi connectivity index (χ0) is 22.3. The normalized spacial score (nSPS) is 15.7. The van der Waals surface area contributed by atoms with Crippen LogP contribution in [0.15, 0.2) is 60.7 Å². The number of nitrogens with zero attached hydrogens (tertiary/aromatic N) is 2. The van der Waals surface area contributed by atoms with Gasteiger partial charge >= 0.3 is 0 Å². The van der Waals surface area contributed by atoms with Crippen molar-refractivity contribution in [2.75, 3.05) is 53.0 Å².